The van der Waals surface area contributed by atoms with E-state index in [0.717, 1.165) is 38.0 Å². The molecule has 1 heterocycles. The van der Waals surface area contributed by atoms with Gasteiger partial charge in [-0.15, -0.1) is 0 Å². The standard InChI is InChI=1S/C20H32N2O2/c1-5-22(4)19(16-9-7-6-8-10-16)20(23)21-17-11-12-24-18(14-17)13-15(2)3/h6-10,15,17-19H,5,11-14H2,1-4H3,(H,21,23)/t17-,18-,19-/m0/s1. The van der Waals surface area contributed by atoms with Crippen LogP contribution in [0.2, 0.25) is 0 Å². The Hall–Kier alpha value is -1.39. The predicted octanol–water partition coefficient (Wildman–Crippen LogP) is 3.39. The molecular formula is C20H32N2O2. The number of amides is 1. The van der Waals surface area contributed by atoms with Crippen LogP contribution >= 0.6 is 0 Å². The Labute approximate surface area is 146 Å². The van der Waals surface area contributed by atoms with Crippen LogP contribution in [0, 0.1) is 5.92 Å². The molecule has 1 saturated heterocycles. The molecule has 24 heavy (non-hydrogen) atoms. The third-order valence-corrected chi connectivity index (χ3v) is 4.75. The molecule has 1 fully saturated rings. The van der Waals surface area contributed by atoms with E-state index in [1.54, 1.807) is 0 Å². The summed E-state index contributed by atoms with van der Waals surface area (Å²) in [5.74, 6) is 0.716. The number of ether oxygens (including phenoxy) is 1. The van der Waals surface area contributed by atoms with Gasteiger partial charge in [0.05, 0.1) is 6.10 Å². The molecule has 0 saturated carbocycles. The summed E-state index contributed by atoms with van der Waals surface area (Å²) < 4.78 is 5.85. The summed E-state index contributed by atoms with van der Waals surface area (Å²) in [6.07, 6.45) is 3.14. The molecule has 1 aliphatic rings. The van der Waals surface area contributed by atoms with Gasteiger partial charge in [-0.3, -0.25) is 9.69 Å². The van der Waals surface area contributed by atoms with Gasteiger partial charge in [-0.25, -0.2) is 0 Å². The lowest BCUT2D eigenvalue weighted by molar-refractivity contribution is -0.128. The van der Waals surface area contributed by atoms with Gasteiger partial charge in [0.25, 0.3) is 0 Å². The lowest BCUT2D eigenvalue weighted by Gasteiger charge is -2.33. The van der Waals surface area contributed by atoms with E-state index in [4.69, 9.17) is 4.74 Å². The van der Waals surface area contributed by atoms with Crippen LogP contribution in [-0.2, 0) is 9.53 Å². The fourth-order valence-electron chi connectivity index (χ4n) is 3.41. The maximum atomic E-state index is 12.9. The van der Waals surface area contributed by atoms with Crippen molar-refractivity contribution in [1.82, 2.24) is 10.2 Å². The highest BCUT2D eigenvalue weighted by atomic mass is 16.5. The summed E-state index contributed by atoms with van der Waals surface area (Å²) in [5, 5.41) is 3.28. The zero-order chi connectivity index (χ0) is 17.5. The van der Waals surface area contributed by atoms with Crippen molar-refractivity contribution in [2.24, 2.45) is 5.92 Å². The van der Waals surface area contributed by atoms with Crippen LogP contribution < -0.4 is 5.32 Å². The van der Waals surface area contributed by atoms with Crippen LogP contribution in [-0.4, -0.2) is 43.2 Å². The first-order valence-electron chi connectivity index (χ1n) is 9.18. The van der Waals surface area contributed by atoms with Crippen molar-refractivity contribution in [3.05, 3.63) is 35.9 Å². The minimum atomic E-state index is -0.234. The maximum Gasteiger partial charge on any atom is 0.242 e. The van der Waals surface area contributed by atoms with Gasteiger partial charge in [0.15, 0.2) is 0 Å². The van der Waals surface area contributed by atoms with Crippen molar-refractivity contribution < 1.29 is 9.53 Å². The highest BCUT2D eigenvalue weighted by Gasteiger charge is 2.29. The minimum Gasteiger partial charge on any atom is -0.378 e. The third kappa shape index (κ3) is 5.32. The predicted molar refractivity (Wildman–Crippen MR) is 97.8 cm³/mol. The number of nitrogens with zero attached hydrogens (tertiary/aromatic N) is 1. The van der Waals surface area contributed by atoms with E-state index >= 15 is 0 Å². The van der Waals surface area contributed by atoms with Gasteiger partial charge in [-0.05, 0) is 44.3 Å². The van der Waals surface area contributed by atoms with Crippen molar-refractivity contribution in [3.63, 3.8) is 0 Å². The van der Waals surface area contributed by atoms with Gasteiger partial charge >= 0.3 is 0 Å². The Morgan fingerprint density at radius 1 is 1.33 bits per heavy atom. The zero-order valence-corrected chi connectivity index (χ0v) is 15.5. The van der Waals surface area contributed by atoms with Gasteiger partial charge in [-0.2, -0.15) is 0 Å². The molecule has 4 nitrogen and oxygen atoms in total. The monoisotopic (exact) mass is 332 g/mol. The number of benzene rings is 1. The van der Waals surface area contributed by atoms with Crippen LogP contribution in [0.1, 0.15) is 51.6 Å². The summed E-state index contributed by atoms with van der Waals surface area (Å²) >= 11 is 0. The fourth-order valence-corrected chi connectivity index (χ4v) is 3.41. The van der Waals surface area contributed by atoms with E-state index in [0.29, 0.717) is 5.92 Å². The Morgan fingerprint density at radius 3 is 2.67 bits per heavy atom. The lowest BCUT2D eigenvalue weighted by Crippen LogP contribution is -2.47. The Morgan fingerprint density at radius 2 is 2.04 bits per heavy atom. The molecule has 4 heteroatoms. The molecule has 1 amide bonds. The van der Waals surface area contributed by atoms with Crippen molar-refractivity contribution in [1.29, 1.82) is 0 Å². The molecule has 0 unspecified atom stereocenters. The first-order valence-corrected chi connectivity index (χ1v) is 9.18. The molecule has 1 aromatic rings. The number of carbonyl (C=O) groups is 1. The summed E-state index contributed by atoms with van der Waals surface area (Å²) in [4.78, 5) is 15.0. The van der Waals surface area contributed by atoms with Gasteiger partial charge in [-0.1, -0.05) is 51.1 Å². The Balaban J connectivity index is 2.02. The Kier molecular flexibility index (Phi) is 7.25. The second-order valence-corrected chi connectivity index (χ2v) is 7.24. The van der Waals surface area contributed by atoms with Crippen LogP contribution in [0.3, 0.4) is 0 Å². The summed E-state index contributed by atoms with van der Waals surface area (Å²) in [7, 11) is 2.00. The molecule has 2 rings (SSSR count). The molecule has 1 aliphatic heterocycles. The van der Waals surface area contributed by atoms with Gasteiger partial charge in [0, 0.05) is 12.6 Å². The molecule has 1 N–H and O–H groups in total. The highest BCUT2D eigenvalue weighted by Crippen LogP contribution is 2.23. The van der Waals surface area contributed by atoms with Crippen LogP contribution in [0.25, 0.3) is 0 Å². The van der Waals surface area contributed by atoms with Crippen LogP contribution in [0.5, 0.6) is 0 Å². The summed E-state index contributed by atoms with van der Waals surface area (Å²) in [6.45, 7) is 8.08. The van der Waals surface area contributed by atoms with E-state index in [9.17, 15) is 4.79 Å². The van der Waals surface area contributed by atoms with E-state index < -0.39 is 0 Å². The normalized spacial score (nSPS) is 22.6. The lowest BCUT2D eigenvalue weighted by atomic mass is 9.95. The van der Waals surface area contributed by atoms with Crippen molar-refractivity contribution in [3.8, 4) is 0 Å². The van der Waals surface area contributed by atoms with Crippen molar-refractivity contribution in [2.75, 3.05) is 20.2 Å². The second-order valence-electron chi connectivity index (χ2n) is 7.24. The average Bonchev–Trinajstić information content (AvgIpc) is 2.55. The molecule has 134 valence electrons. The van der Waals surface area contributed by atoms with Gasteiger partial charge in [0.1, 0.15) is 6.04 Å². The Bertz CT molecular complexity index is 504. The topological polar surface area (TPSA) is 41.6 Å². The largest absolute Gasteiger partial charge is 0.378 e. The summed E-state index contributed by atoms with van der Waals surface area (Å²) in [5.41, 5.74) is 1.05. The number of rotatable bonds is 7. The number of hydrogen-bond donors (Lipinski definition) is 1. The van der Waals surface area contributed by atoms with Crippen LogP contribution in [0.4, 0.5) is 0 Å². The average molecular weight is 332 g/mol. The maximum absolute atomic E-state index is 12.9. The SMILES string of the molecule is CCN(C)[C@H](C(=O)N[C@H]1CCO[C@@H](CC(C)C)C1)c1ccccc1. The van der Waals surface area contributed by atoms with E-state index in [-0.39, 0.29) is 24.1 Å². The van der Waals surface area contributed by atoms with E-state index in [2.05, 4.69) is 31.0 Å². The van der Waals surface area contributed by atoms with E-state index in [1.807, 2.05) is 37.4 Å². The molecular weight excluding hydrogens is 300 g/mol. The molecule has 3 atom stereocenters. The molecule has 0 bridgehead atoms. The number of likely N-dealkylation sites (N-methyl/N-ethyl adjacent to an activating group) is 1. The van der Waals surface area contributed by atoms with Gasteiger partial charge < -0.3 is 10.1 Å². The molecule has 0 spiro atoms. The van der Waals surface area contributed by atoms with Crippen molar-refractivity contribution >= 4 is 5.91 Å². The number of nitrogens with one attached hydrogen (secondary N) is 1. The van der Waals surface area contributed by atoms with Gasteiger partial charge in [0.2, 0.25) is 5.91 Å². The fraction of sp³-hybridized carbons (Fsp3) is 0.650. The minimum absolute atomic E-state index is 0.0979. The van der Waals surface area contributed by atoms with Crippen molar-refractivity contribution in [2.45, 2.75) is 58.2 Å². The quantitative estimate of drug-likeness (QED) is 0.832. The smallest absolute Gasteiger partial charge is 0.242 e. The second kappa shape index (κ2) is 9.19. The molecule has 0 aliphatic carbocycles. The molecule has 1 aromatic carbocycles. The molecule has 0 aromatic heterocycles. The molecule has 0 radical (unpaired) electrons. The number of hydrogen-bond acceptors (Lipinski definition) is 3. The first kappa shape index (κ1) is 18.9. The third-order valence-electron chi connectivity index (χ3n) is 4.75. The highest BCUT2D eigenvalue weighted by molar-refractivity contribution is 5.83. The van der Waals surface area contributed by atoms with Crippen LogP contribution in [0.15, 0.2) is 30.3 Å². The zero-order valence-electron chi connectivity index (χ0n) is 15.5. The summed E-state index contributed by atoms with van der Waals surface area (Å²) in [6, 6.07) is 10.0. The first-order chi connectivity index (χ1) is 11.5. The number of carbonyl (C=O) groups excluding carboxylic acids is 1. The van der Waals surface area contributed by atoms with E-state index in [1.165, 1.54) is 0 Å².